The number of urea groups is 1. The van der Waals surface area contributed by atoms with Crippen molar-refractivity contribution in [3.63, 3.8) is 0 Å². The Kier molecular flexibility index (Phi) is 5.98. The van der Waals surface area contributed by atoms with Crippen LogP contribution < -0.4 is 16.0 Å². The van der Waals surface area contributed by atoms with Crippen molar-refractivity contribution in [3.8, 4) is 12.3 Å². The summed E-state index contributed by atoms with van der Waals surface area (Å²) in [4.78, 5) is 23.5. The van der Waals surface area contributed by atoms with Gasteiger partial charge in [0.1, 0.15) is 0 Å². The van der Waals surface area contributed by atoms with Crippen molar-refractivity contribution in [3.05, 3.63) is 65.2 Å². The molecule has 0 atom stereocenters. The Balaban J connectivity index is 1.73. The molecule has 5 heteroatoms. The van der Waals surface area contributed by atoms with E-state index < -0.39 is 6.03 Å². The molecule has 0 aliphatic heterocycles. The van der Waals surface area contributed by atoms with E-state index in [4.69, 9.17) is 6.42 Å². The Labute approximate surface area is 141 Å². The smallest absolute Gasteiger partial charge is 0.315 e. The summed E-state index contributed by atoms with van der Waals surface area (Å²) in [7, 11) is 0. The van der Waals surface area contributed by atoms with E-state index in [9.17, 15) is 9.59 Å². The minimum atomic E-state index is -0.400. The molecule has 0 fully saturated rings. The third kappa shape index (κ3) is 5.50. The number of hydrogen-bond donors (Lipinski definition) is 3. The zero-order chi connectivity index (χ0) is 17.4. The van der Waals surface area contributed by atoms with Gasteiger partial charge in [-0.05, 0) is 30.7 Å². The van der Waals surface area contributed by atoms with Gasteiger partial charge in [-0.3, -0.25) is 4.79 Å². The molecule has 0 spiro atoms. The Hall–Kier alpha value is -3.26. The van der Waals surface area contributed by atoms with Gasteiger partial charge in [0, 0.05) is 17.8 Å². The predicted molar refractivity (Wildman–Crippen MR) is 94.4 cm³/mol. The lowest BCUT2D eigenvalue weighted by Crippen LogP contribution is -2.39. The van der Waals surface area contributed by atoms with E-state index in [0.29, 0.717) is 17.8 Å². The normalized spacial score (nSPS) is 9.67. The lowest BCUT2D eigenvalue weighted by molar-refractivity contribution is -0.115. The van der Waals surface area contributed by atoms with Crippen LogP contribution in [0.2, 0.25) is 0 Å². The number of nitrogens with one attached hydrogen (secondary N) is 3. The van der Waals surface area contributed by atoms with Crippen LogP contribution >= 0.6 is 0 Å². The van der Waals surface area contributed by atoms with Gasteiger partial charge in [0.25, 0.3) is 0 Å². The lowest BCUT2D eigenvalue weighted by atomic mass is 10.1. The van der Waals surface area contributed by atoms with Gasteiger partial charge in [0.05, 0.1) is 6.54 Å². The van der Waals surface area contributed by atoms with Gasteiger partial charge in [0.2, 0.25) is 5.91 Å². The molecule has 0 heterocycles. The molecule has 0 unspecified atom stereocenters. The number of hydrogen-bond acceptors (Lipinski definition) is 2. The first-order valence-corrected chi connectivity index (χ1v) is 7.50. The van der Waals surface area contributed by atoms with Gasteiger partial charge in [-0.15, -0.1) is 6.42 Å². The number of carbonyl (C=O) groups is 2. The molecule has 3 amide bonds. The fourth-order valence-electron chi connectivity index (χ4n) is 2.00. The van der Waals surface area contributed by atoms with E-state index >= 15 is 0 Å². The summed E-state index contributed by atoms with van der Waals surface area (Å²) < 4.78 is 0. The number of rotatable bonds is 5. The molecule has 0 aliphatic carbocycles. The van der Waals surface area contributed by atoms with Gasteiger partial charge in [0.15, 0.2) is 0 Å². The van der Waals surface area contributed by atoms with E-state index in [0.717, 1.165) is 11.1 Å². The standard InChI is InChI=1S/C19H19N3O2/c1-3-15-5-4-6-17(11-15)22-18(23)13-21-19(24)20-12-16-9-7-14(2)8-10-16/h1,4-11H,12-13H2,2H3,(H,22,23)(H2,20,21,24). The van der Waals surface area contributed by atoms with Gasteiger partial charge in [-0.2, -0.15) is 0 Å². The first kappa shape index (κ1) is 17.1. The maximum Gasteiger partial charge on any atom is 0.315 e. The summed E-state index contributed by atoms with van der Waals surface area (Å²) in [5.74, 6) is 2.17. The fourth-order valence-corrected chi connectivity index (χ4v) is 2.00. The molecule has 0 aliphatic rings. The summed E-state index contributed by atoms with van der Waals surface area (Å²) in [6.45, 7) is 2.28. The third-order valence-electron chi connectivity index (χ3n) is 3.30. The van der Waals surface area contributed by atoms with Gasteiger partial charge < -0.3 is 16.0 Å². The highest BCUT2D eigenvalue weighted by atomic mass is 16.2. The Bertz CT molecular complexity index is 761. The largest absolute Gasteiger partial charge is 0.334 e. The van der Waals surface area contributed by atoms with Crippen molar-refractivity contribution >= 4 is 17.6 Å². The van der Waals surface area contributed by atoms with E-state index in [-0.39, 0.29) is 12.5 Å². The maximum atomic E-state index is 11.8. The molecular weight excluding hydrogens is 302 g/mol. The van der Waals surface area contributed by atoms with Crippen molar-refractivity contribution in [2.24, 2.45) is 0 Å². The van der Waals surface area contributed by atoms with Gasteiger partial charge in [-0.25, -0.2) is 4.79 Å². The average molecular weight is 321 g/mol. The number of amides is 3. The molecule has 3 N–H and O–H groups in total. The highest BCUT2D eigenvalue weighted by molar-refractivity contribution is 5.94. The zero-order valence-electron chi connectivity index (χ0n) is 13.4. The van der Waals surface area contributed by atoms with Crippen molar-refractivity contribution in [1.29, 1.82) is 0 Å². The molecule has 0 radical (unpaired) electrons. The SMILES string of the molecule is C#Cc1cccc(NC(=O)CNC(=O)NCc2ccc(C)cc2)c1. The second kappa shape index (κ2) is 8.39. The number of carbonyl (C=O) groups excluding carboxylic acids is 2. The second-order valence-corrected chi connectivity index (χ2v) is 5.30. The number of terminal acetylenes is 1. The van der Waals surface area contributed by atoms with Crippen LogP contribution in [0, 0.1) is 19.3 Å². The lowest BCUT2D eigenvalue weighted by Gasteiger charge is -2.09. The molecule has 0 saturated carbocycles. The van der Waals surface area contributed by atoms with E-state index in [1.54, 1.807) is 24.3 Å². The van der Waals surface area contributed by atoms with Crippen LogP contribution in [-0.2, 0) is 11.3 Å². The minimum Gasteiger partial charge on any atom is -0.334 e. The predicted octanol–water partition coefficient (Wildman–Crippen LogP) is 2.41. The highest BCUT2D eigenvalue weighted by Gasteiger charge is 2.06. The first-order valence-electron chi connectivity index (χ1n) is 7.50. The Morgan fingerprint density at radius 1 is 1.08 bits per heavy atom. The Morgan fingerprint density at radius 2 is 1.83 bits per heavy atom. The molecule has 24 heavy (non-hydrogen) atoms. The topological polar surface area (TPSA) is 70.2 Å². The average Bonchev–Trinajstić information content (AvgIpc) is 2.59. The monoisotopic (exact) mass is 321 g/mol. The Morgan fingerprint density at radius 3 is 2.54 bits per heavy atom. The van der Waals surface area contributed by atoms with Crippen LogP contribution in [0.3, 0.4) is 0 Å². The van der Waals surface area contributed by atoms with Crippen molar-refractivity contribution in [1.82, 2.24) is 10.6 Å². The van der Waals surface area contributed by atoms with Crippen LogP contribution in [0.1, 0.15) is 16.7 Å². The maximum absolute atomic E-state index is 11.8. The molecule has 0 aromatic heterocycles. The van der Waals surface area contributed by atoms with Crippen LogP contribution in [0.15, 0.2) is 48.5 Å². The summed E-state index contributed by atoms with van der Waals surface area (Å²) in [5.41, 5.74) is 3.42. The molecule has 0 saturated heterocycles. The summed E-state index contributed by atoms with van der Waals surface area (Å²) in [5, 5.41) is 7.88. The molecule has 0 bridgehead atoms. The number of benzene rings is 2. The molecule has 122 valence electrons. The fraction of sp³-hybridized carbons (Fsp3) is 0.158. The van der Waals surface area contributed by atoms with Gasteiger partial charge in [-0.1, -0.05) is 41.8 Å². The van der Waals surface area contributed by atoms with Crippen LogP contribution in [-0.4, -0.2) is 18.5 Å². The first-order chi connectivity index (χ1) is 11.6. The second-order valence-electron chi connectivity index (χ2n) is 5.30. The minimum absolute atomic E-state index is 0.125. The van der Waals surface area contributed by atoms with Crippen molar-refractivity contribution in [2.45, 2.75) is 13.5 Å². The summed E-state index contributed by atoms with van der Waals surface area (Å²) in [6.07, 6.45) is 5.31. The van der Waals surface area contributed by atoms with E-state index in [2.05, 4.69) is 21.9 Å². The van der Waals surface area contributed by atoms with E-state index in [1.165, 1.54) is 0 Å². The van der Waals surface area contributed by atoms with Crippen LogP contribution in [0.5, 0.6) is 0 Å². The molecule has 2 aromatic carbocycles. The molecule has 2 rings (SSSR count). The number of aryl methyl sites for hydroxylation is 1. The third-order valence-corrected chi connectivity index (χ3v) is 3.30. The van der Waals surface area contributed by atoms with E-state index in [1.807, 2.05) is 31.2 Å². The molecule has 2 aromatic rings. The van der Waals surface area contributed by atoms with Crippen LogP contribution in [0.4, 0.5) is 10.5 Å². The zero-order valence-corrected chi connectivity index (χ0v) is 13.4. The number of anilines is 1. The highest BCUT2D eigenvalue weighted by Crippen LogP contribution is 2.09. The van der Waals surface area contributed by atoms with Crippen molar-refractivity contribution in [2.75, 3.05) is 11.9 Å². The quantitative estimate of drug-likeness (QED) is 0.740. The van der Waals surface area contributed by atoms with Crippen LogP contribution in [0.25, 0.3) is 0 Å². The van der Waals surface area contributed by atoms with Crippen molar-refractivity contribution < 1.29 is 9.59 Å². The molecule has 5 nitrogen and oxygen atoms in total. The van der Waals surface area contributed by atoms with Gasteiger partial charge >= 0.3 is 6.03 Å². The molecular formula is C19H19N3O2. The summed E-state index contributed by atoms with van der Waals surface area (Å²) in [6, 6.07) is 14.4. The summed E-state index contributed by atoms with van der Waals surface area (Å²) >= 11 is 0.